The zero-order chi connectivity index (χ0) is 17.7. The molecule has 3 rings (SSSR count). The van der Waals surface area contributed by atoms with E-state index in [4.69, 9.17) is 21.1 Å². The fourth-order valence-electron chi connectivity index (χ4n) is 2.88. The fraction of sp³-hybridized carbons (Fsp3) is 0.353. The maximum absolute atomic E-state index is 13.0. The number of carbonyl (C=O) groups excluding carboxylic acids is 1. The predicted molar refractivity (Wildman–Crippen MR) is 93.5 cm³/mol. The Hall–Kier alpha value is -2.38. The van der Waals surface area contributed by atoms with E-state index in [0.29, 0.717) is 37.0 Å². The van der Waals surface area contributed by atoms with Crippen LogP contribution in [0.3, 0.4) is 0 Å². The number of ether oxygens (including phenoxy) is 2. The lowest BCUT2D eigenvalue weighted by Crippen LogP contribution is -2.49. The Labute approximate surface area is 150 Å². The van der Waals surface area contributed by atoms with Crippen LogP contribution in [0.15, 0.2) is 36.5 Å². The van der Waals surface area contributed by atoms with Gasteiger partial charge in [-0.2, -0.15) is 4.98 Å². The Bertz CT molecular complexity index is 733. The van der Waals surface area contributed by atoms with Gasteiger partial charge in [0.1, 0.15) is 0 Å². The smallest absolute Gasteiger partial charge is 0.249 e. The van der Waals surface area contributed by atoms with Crippen molar-refractivity contribution < 1.29 is 14.3 Å². The summed E-state index contributed by atoms with van der Waals surface area (Å²) in [5.74, 6) is 0.501. The van der Waals surface area contributed by atoms with Gasteiger partial charge in [-0.1, -0.05) is 23.7 Å². The molecule has 1 aromatic heterocycles. The van der Waals surface area contributed by atoms with Crippen molar-refractivity contribution in [3.8, 4) is 5.88 Å². The summed E-state index contributed by atoms with van der Waals surface area (Å²) < 4.78 is 10.5. The van der Waals surface area contributed by atoms with Crippen molar-refractivity contribution in [2.45, 2.75) is 18.3 Å². The van der Waals surface area contributed by atoms with Gasteiger partial charge in [-0.3, -0.25) is 15.6 Å². The van der Waals surface area contributed by atoms with Crippen LogP contribution in [-0.4, -0.2) is 36.2 Å². The number of hydrogen-bond donors (Lipinski definition) is 2. The molecule has 0 bridgehead atoms. The van der Waals surface area contributed by atoms with Crippen LogP contribution in [0.25, 0.3) is 0 Å². The second-order valence-electron chi connectivity index (χ2n) is 5.70. The average Bonchev–Trinajstić information content (AvgIpc) is 2.67. The van der Waals surface area contributed by atoms with Crippen molar-refractivity contribution >= 4 is 23.5 Å². The van der Waals surface area contributed by atoms with Gasteiger partial charge in [0.05, 0.1) is 12.5 Å². The number of nitrogens with one attached hydrogen (secondary N) is 2. The van der Waals surface area contributed by atoms with Crippen LogP contribution >= 0.6 is 11.6 Å². The molecule has 0 spiro atoms. The molecule has 132 valence electrons. The van der Waals surface area contributed by atoms with Gasteiger partial charge in [0.15, 0.2) is 0 Å². The molecule has 0 unspecified atom stereocenters. The summed E-state index contributed by atoms with van der Waals surface area (Å²) in [4.78, 5) is 21.2. The lowest BCUT2D eigenvalue weighted by Gasteiger charge is -2.36. The van der Waals surface area contributed by atoms with Gasteiger partial charge in [-0.15, -0.1) is 0 Å². The Balaban J connectivity index is 1.78. The fourth-order valence-corrected chi connectivity index (χ4v) is 3.01. The SMILES string of the molecule is COc1ccnc(NNC(=O)C2(c3ccc(Cl)cc3)CCOCC2)n1. The van der Waals surface area contributed by atoms with E-state index in [1.807, 2.05) is 12.1 Å². The number of rotatable bonds is 5. The molecule has 2 N–H and O–H groups in total. The third-order valence-corrected chi connectivity index (χ3v) is 4.56. The van der Waals surface area contributed by atoms with Crippen LogP contribution in [-0.2, 0) is 14.9 Å². The van der Waals surface area contributed by atoms with Gasteiger partial charge in [-0.25, -0.2) is 4.98 Å². The maximum atomic E-state index is 13.0. The van der Waals surface area contributed by atoms with Crippen molar-refractivity contribution in [1.29, 1.82) is 0 Å². The number of halogens is 1. The average molecular weight is 363 g/mol. The van der Waals surface area contributed by atoms with E-state index in [1.165, 1.54) is 7.11 Å². The number of hydrazine groups is 1. The third-order valence-electron chi connectivity index (χ3n) is 4.30. The zero-order valence-electron chi connectivity index (χ0n) is 13.8. The summed E-state index contributed by atoms with van der Waals surface area (Å²) in [6.45, 7) is 1.04. The molecule has 1 fully saturated rings. The first-order chi connectivity index (χ1) is 12.1. The van der Waals surface area contributed by atoms with E-state index in [1.54, 1.807) is 24.4 Å². The van der Waals surface area contributed by atoms with Crippen LogP contribution < -0.4 is 15.6 Å². The third kappa shape index (κ3) is 3.83. The molecule has 0 aliphatic carbocycles. The van der Waals surface area contributed by atoms with Gasteiger partial charge in [0, 0.05) is 30.5 Å². The summed E-state index contributed by atoms with van der Waals surface area (Å²) >= 11 is 5.98. The Morgan fingerprint density at radius 1 is 1.24 bits per heavy atom. The lowest BCUT2D eigenvalue weighted by atomic mass is 9.73. The summed E-state index contributed by atoms with van der Waals surface area (Å²) in [6, 6.07) is 8.98. The molecule has 8 heteroatoms. The van der Waals surface area contributed by atoms with E-state index in [0.717, 1.165) is 5.56 Å². The van der Waals surface area contributed by atoms with Crippen LogP contribution in [0.4, 0.5) is 5.95 Å². The molecular weight excluding hydrogens is 344 g/mol. The molecule has 25 heavy (non-hydrogen) atoms. The molecule has 1 aromatic carbocycles. The highest BCUT2D eigenvalue weighted by Gasteiger charge is 2.41. The topological polar surface area (TPSA) is 85.4 Å². The highest BCUT2D eigenvalue weighted by atomic mass is 35.5. The van der Waals surface area contributed by atoms with E-state index >= 15 is 0 Å². The molecule has 7 nitrogen and oxygen atoms in total. The van der Waals surface area contributed by atoms with Crippen LogP contribution in [0.2, 0.25) is 5.02 Å². The standard InChI is InChI=1S/C17H19ClN4O3/c1-24-14-6-9-19-16(20-14)22-21-15(23)17(7-10-25-11-8-17)12-2-4-13(18)5-3-12/h2-6,9H,7-8,10-11H2,1H3,(H,21,23)(H,19,20,22). The number of nitrogens with zero attached hydrogens (tertiary/aromatic N) is 2. The number of anilines is 1. The Morgan fingerprint density at radius 3 is 2.64 bits per heavy atom. The molecule has 0 radical (unpaired) electrons. The number of hydrogen-bond acceptors (Lipinski definition) is 6. The molecule has 0 saturated carbocycles. The minimum atomic E-state index is -0.686. The summed E-state index contributed by atoms with van der Waals surface area (Å²) in [5, 5.41) is 0.634. The minimum absolute atomic E-state index is 0.162. The van der Waals surface area contributed by atoms with Gasteiger partial charge in [0.25, 0.3) is 0 Å². The highest BCUT2D eigenvalue weighted by Crippen LogP contribution is 2.35. The molecule has 1 aliphatic rings. The van der Waals surface area contributed by atoms with Crippen molar-refractivity contribution in [2.24, 2.45) is 0 Å². The second kappa shape index (κ2) is 7.67. The largest absolute Gasteiger partial charge is 0.481 e. The van der Waals surface area contributed by atoms with Crippen LogP contribution in [0.5, 0.6) is 5.88 Å². The molecule has 2 heterocycles. The zero-order valence-corrected chi connectivity index (χ0v) is 14.5. The Morgan fingerprint density at radius 2 is 1.96 bits per heavy atom. The van der Waals surface area contributed by atoms with Gasteiger partial charge in [0.2, 0.25) is 17.7 Å². The van der Waals surface area contributed by atoms with E-state index in [9.17, 15) is 4.79 Å². The molecule has 1 aliphatic heterocycles. The molecule has 0 atom stereocenters. The number of benzene rings is 1. The highest BCUT2D eigenvalue weighted by molar-refractivity contribution is 6.30. The van der Waals surface area contributed by atoms with Crippen molar-refractivity contribution in [3.63, 3.8) is 0 Å². The first-order valence-electron chi connectivity index (χ1n) is 7.91. The predicted octanol–water partition coefficient (Wildman–Crippen LogP) is 2.33. The van der Waals surface area contributed by atoms with Crippen LogP contribution in [0.1, 0.15) is 18.4 Å². The number of amides is 1. The van der Waals surface area contributed by atoms with Crippen molar-refractivity contribution in [2.75, 3.05) is 25.7 Å². The van der Waals surface area contributed by atoms with Crippen molar-refractivity contribution in [1.82, 2.24) is 15.4 Å². The quantitative estimate of drug-likeness (QED) is 0.794. The summed E-state index contributed by atoms with van der Waals surface area (Å²) in [6.07, 6.45) is 2.71. The molecule has 2 aromatic rings. The van der Waals surface area contributed by atoms with E-state index in [2.05, 4.69) is 20.8 Å². The minimum Gasteiger partial charge on any atom is -0.481 e. The summed E-state index contributed by atoms with van der Waals surface area (Å²) in [7, 11) is 1.52. The maximum Gasteiger partial charge on any atom is 0.249 e. The molecule has 1 amide bonds. The van der Waals surface area contributed by atoms with E-state index in [-0.39, 0.29) is 11.9 Å². The number of methoxy groups -OCH3 is 1. The second-order valence-corrected chi connectivity index (χ2v) is 6.14. The van der Waals surface area contributed by atoms with E-state index < -0.39 is 5.41 Å². The first kappa shape index (κ1) is 17.4. The lowest BCUT2D eigenvalue weighted by molar-refractivity contribution is -0.130. The monoisotopic (exact) mass is 362 g/mol. The normalized spacial score (nSPS) is 16.1. The number of aromatic nitrogens is 2. The van der Waals surface area contributed by atoms with Gasteiger partial charge >= 0.3 is 0 Å². The summed E-state index contributed by atoms with van der Waals surface area (Å²) in [5.41, 5.74) is 5.69. The molecular formula is C17H19ClN4O3. The van der Waals surface area contributed by atoms with Gasteiger partial charge in [-0.05, 0) is 30.5 Å². The number of carbonyl (C=O) groups is 1. The van der Waals surface area contributed by atoms with Crippen LogP contribution in [0, 0.1) is 0 Å². The van der Waals surface area contributed by atoms with Gasteiger partial charge < -0.3 is 9.47 Å². The molecule has 1 saturated heterocycles. The Kier molecular flexibility index (Phi) is 5.35. The van der Waals surface area contributed by atoms with Crippen molar-refractivity contribution in [3.05, 3.63) is 47.1 Å². The first-order valence-corrected chi connectivity index (χ1v) is 8.29.